The van der Waals surface area contributed by atoms with Crippen molar-refractivity contribution in [1.29, 1.82) is 0 Å². The Kier molecular flexibility index (Phi) is 2.61. The van der Waals surface area contributed by atoms with Crippen molar-refractivity contribution in [3.05, 3.63) is 0 Å². The fraction of sp³-hybridized carbons (Fsp3) is 1.00. The number of hydrogen-bond acceptors (Lipinski definition) is 2. The Hall–Kier alpha value is -0.0800. The Morgan fingerprint density at radius 3 is 2.64 bits per heavy atom. The Balaban J connectivity index is 2.00. The van der Waals surface area contributed by atoms with Gasteiger partial charge in [0.05, 0.1) is 6.10 Å². The van der Waals surface area contributed by atoms with E-state index in [0.717, 1.165) is 18.4 Å². The average molecular weight is 197 g/mol. The summed E-state index contributed by atoms with van der Waals surface area (Å²) < 4.78 is 0. The molecule has 0 spiro atoms. The van der Waals surface area contributed by atoms with Crippen LogP contribution in [0.5, 0.6) is 0 Å². The van der Waals surface area contributed by atoms with Crippen molar-refractivity contribution < 1.29 is 5.11 Å². The van der Waals surface area contributed by atoms with Gasteiger partial charge in [0.25, 0.3) is 0 Å². The van der Waals surface area contributed by atoms with E-state index < -0.39 is 0 Å². The zero-order chi connectivity index (χ0) is 10.3. The van der Waals surface area contributed by atoms with Gasteiger partial charge in [-0.15, -0.1) is 0 Å². The molecule has 2 heteroatoms. The van der Waals surface area contributed by atoms with Gasteiger partial charge in [-0.1, -0.05) is 13.8 Å². The maximum Gasteiger partial charge on any atom is 0.0695 e. The van der Waals surface area contributed by atoms with Gasteiger partial charge >= 0.3 is 0 Å². The van der Waals surface area contributed by atoms with Crippen molar-refractivity contribution in [2.24, 2.45) is 23.2 Å². The maximum absolute atomic E-state index is 10.0. The minimum Gasteiger partial charge on any atom is -0.392 e. The quantitative estimate of drug-likeness (QED) is 0.721. The van der Waals surface area contributed by atoms with E-state index in [9.17, 15) is 5.11 Å². The minimum absolute atomic E-state index is 0.134. The Morgan fingerprint density at radius 2 is 2.14 bits per heavy atom. The molecule has 3 saturated carbocycles. The summed E-state index contributed by atoms with van der Waals surface area (Å²) in [5.41, 5.74) is 0.498. The normalized spacial score (nSPS) is 41.6. The summed E-state index contributed by atoms with van der Waals surface area (Å²) >= 11 is 0. The van der Waals surface area contributed by atoms with Crippen molar-refractivity contribution in [2.75, 3.05) is 13.6 Å². The number of fused-ring (bicyclic) bond motifs is 2. The van der Waals surface area contributed by atoms with Crippen LogP contribution < -0.4 is 5.32 Å². The summed E-state index contributed by atoms with van der Waals surface area (Å²) in [5, 5.41) is 13.1. The van der Waals surface area contributed by atoms with Crippen LogP contribution in [0.2, 0.25) is 0 Å². The third kappa shape index (κ3) is 1.40. The second-order valence-corrected chi connectivity index (χ2v) is 5.73. The number of likely N-dealkylation sites (N-methyl/N-ethyl adjacent to an activating group) is 1. The van der Waals surface area contributed by atoms with E-state index in [1.807, 2.05) is 7.05 Å². The van der Waals surface area contributed by atoms with Gasteiger partial charge < -0.3 is 10.4 Å². The standard InChI is InChI=1S/C12H23NO/c1-12(2)8-4-5-9(10(12)6-8)11(14)7-13-3/h8-11,13-14H,4-7H2,1-3H3. The van der Waals surface area contributed by atoms with Gasteiger partial charge in [-0.25, -0.2) is 0 Å². The van der Waals surface area contributed by atoms with E-state index in [1.54, 1.807) is 0 Å². The van der Waals surface area contributed by atoms with E-state index in [1.165, 1.54) is 19.3 Å². The van der Waals surface area contributed by atoms with Crippen LogP contribution in [-0.2, 0) is 0 Å². The van der Waals surface area contributed by atoms with E-state index in [4.69, 9.17) is 0 Å². The Bertz CT molecular complexity index is 212. The SMILES string of the molecule is CNCC(O)C1CCC2CC1C2(C)C. The van der Waals surface area contributed by atoms with Crippen molar-refractivity contribution in [3.63, 3.8) is 0 Å². The third-order valence-electron chi connectivity index (χ3n) is 4.82. The van der Waals surface area contributed by atoms with E-state index in [-0.39, 0.29) is 6.10 Å². The lowest BCUT2D eigenvalue weighted by Crippen LogP contribution is -2.56. The zero-order valence-corrected chi connectivity index (χ0v) is 9.59. The highest BCUT2D eigenvalue weighted by atomic mass is 16.3. The van der Waals surface area contributed by atoms with Gasteiger partial charge in [0.1, 0.15) is 0 Å². The van der Waals surface area contributed by atoms with Crippen molar-refractivity contribution >= 4 is 0 Å². The molecule has 82 valence electrons. The molecule has 3 fully saturated rings. The van der Waals surface area contributed by atoms with E-state index >= 15 is 0 Å². The molecule has 4 atom stereocenters. The highest BCUT2D eigenvalue weighted by Crippen LogP contribution is 2.61. The van der Waals surface area contributed by atoms with Crippen molar-refractivity contribution in [2.45, 2.75) is 39.2 Å². The molecule has 0 aromatic carbocycles. The molecule has 0 radical (unpaired) electrons. The predicted molar refractivity (Wildman–Crippen MR) is 58.0 cm³/mol. The van der Waals surface area contributed by atoms with Gasteiger partial charge in [-0.2, -0.15) is 0 Å². The highest BCUT2D eigenvalue weighted by Gasteiger charge is 2.55. The van der Waals surface area contributed by atoms with E-state index in [2.05, 4.69) is 19.2 Å². The number of aliphatic hydroxyl groups excluding tert-OH is 1. The molecule has 0 amide bonds. The van der Waals surface area contributed by atoms with Gasteiger partial charge in [0.2, 0.25) is 0 Å². The average Bonchev–Trinajstić information content (AvgIpc) is 2.18. The fourth-order valence-corrected chi connectivity index (χ4v) is 3.69. The largest absolute Gasteiger partial charge is 0.392 e. The molecular formula is C12H23NO. The van der Waals surface area contributed by atoms with Gasteiger partial charge in [-0.05, 0) is 49.5 Å². The molecule has 2 nitrogen and oxygen atoms in total. The van der Waals surface area contributed by atoms with Crippen LogP contribution in [0.15, 0.2) is 0 Å². The molecule has 0 heterocycles. The second-order valence-electron chi connectivity index (χ2n) is 5.73. The Morgan fingerprint density at radius 1 is 1.43 bits per heavy atom. The predicted octanol–water partition coefficient (Wildman–Crippen LogP) is 1.64. The lowest BCUT2D eigenvalue weighted by molar-refractivity contribution is -0.136. The molecule has 4 unspecified atom stereocenters. The molecule has 0 aliphatic heterocycles. The molecule has 2 N–H and O–H groups in total. The molecule has 3 rings (SSSR count). The first-order valence-corrected chi connectivity index (χ1v) is 5.90. The van der Waals surface area contributed by atoms with Gasteiger partial charge in [0.15, 0.2) is 0 Å². The third-order valence-corrected chi connectivity index (χ3v) is 4.82. The van der Waals surface area contributed by atoms with Crippen molar-refractivity contribution in [3.8, 4) is 0 Å². The highest BCUT2D eigenvalue weighted by molar-refractivity contribution is 5.04. The molecule has 0 saturated heterocycles. The zero-order valence-electron chi connectivity index (χ0n) is 9.59. The molecule has 3 aliphatic carbocycles. The maximum atomic E-state index is 10.0. The summed E-state index contributed by atoms with van der Waals surface area (Å²) in [6.07, 6.45) is 3.79. The summed E-state index contributed by atoms with van der Waals surface area (Å²) in [6.45, 7) is 5.51. The molecule has 2 bridgehead atoms. The van der Waals surface area contributed by atoms with Crippen LogP contribution in [0, 0.1) is 23.2 Å². The summed E-state index contributed by atoms with van der Waals surface area (Å²) in [6, 6.07) is 0. The number of aliphatic hydroxyl groups is 1. The van der Waals surface area contributed by atoms with Crippen molar-refractivity contribution in [1.82, 2.24) is 5.32 Å². The topological polar surface area (TPSA) is 32.3 Å². The van der Waals surface area contributed by atoms with Crippen LogP contribution in [0.1, 0.15) is 33.1 Å². The molecule has 0 aromatic heterocycles. The Labute approximate surface area is 87.1 Å². The second kappa shape index (κ2) is 3.49. The van der Waals surface area contributed by atoms with Crippen LogP contribution in [0.25, 0.3) is 0 Å². The van der Waals surface area contributed by atoms with Crippen LogP contribution in [0.3, 0.4) is 0 Å². The molecule has 14 heavy (non-hydrogen) atoms. The first-order chi connectivity index (χ1) is 6.57. The lowest BCUT2D eigenvalue weighted by Gasteiger charge is -2.61. The molecule has 0 aromatic rings. The summed E-state index contributed by atoms with van der Waals surface area (Å²) in [4.78, 5) is 0. The minimum atomic E-state index is -0.134. The van der Waals surface area contributed by atoms with Crippen LogP contribution in [-0.4, -0.2) is 24.8 Å². The van der Waals surface area contributed by atoms with E-state index in [0.29, 0.717) is 11.3 Å². The first kappa shape index (κ1) is 10.4. The van der Waals surface area contributed by atoms with Crippen LogP contribution >= 0.6 is 0 Å². The number of nitrogens with one attached hydrogen (secondary N) is 1. The molecular weight excluding hydrogens is 174 g/mol. The van der Waals surface area contributed by atoms with Gasteiger partial charge in [-0.3, -0.25) is 0 Å². The summed E-state index contributed by atoms with van der Waals surface area (Å²) in [5.74, 6) is 2.25. The number of hydrogen-bond donors (Lipinski definition) is 2. The number of rotatable bonds is 3. The molecule has 3 aliphatic rings. The van der Waals surface area contributed by atoms with Crippen LogP contribution in [0.4, 0.5) is 0 Å². The van der Waals surface area contributed by atoms with Gasteiger partial charge in [0, 0.05) is 6.54 Å². The fourth-order valence-electron chi connectivity index (χ4n) is 3.69. The monoisotopic (exact) mass is 197 g/mol. The lowest BCUT2D eigenvalue weighted by atomic mass is 9.45. The summed E-state index contributed by atoms with van der Waals surface area (Å²) in [7, 11) is 1.92. The smallest absolute Gasteiger partial charge is 0.0695 e. The first-order valence-electron chi connectivity index (χ1n) is 5.90.